The molecule has 1 aromatic heterocycles. The van der Waals surface area contributed by atoms with Crippen LogP contribution in [0.25, 0.3) is 27.7 Å². The van der Waals surface area contributed by atoms with Gasteiger partial charge in [-0.05, 0) is 77.2 Å². The summed E-state index contributed by atoms with van der Waals surface area (Å²) in [5.74, 6) is 0.660. The number of amides is 1. The van der Waals surface area contributed by atoms with Crippen LogP contribution < -0.4 is 10.1 Å². The average Bonchev–Trinajstić information content (AvgIpc) is 3.18. The molecule has 1 heterocycles. The van der Waals surface area contributed by atoms with Crippen molar-refractivity contribution in [2.75, 3.05) is 33.8 Å². The highest BCUT2D eigenvalue weighted by Crippen LogP contribution is 2.40. The molecule has 0 bridgehead atoms. The molecule has 170 valence electrons. The number of aryl methyl sites for hydroxylation is 1. The molecule has 3 rings (SSSR count). The second kappa shape index (κ2) is 10.8. The Kier molecular flexibility index (Phi) is 8.15. The number of carbonyl (C=O) groups excluding carboxylic acids is 1. The number of hydrogen-bond acceptors (Lipinski definition) is 4. The zero-order chi connectivity index (χ0) is 23.3. The minimum absolute atomic E-state index is 0.0956. The van der Waals surface area contributed by atoms with Crippen LogP contribution in [0.5, 0.6) is 5.75 Å². The van der Waals surface area contributed by atoms with E-state index in [0.717, 1.165) is 62.0 Å². The molecule has 0 fully saturated rings. The molecule has 32 heavy (non-hydrogen) atoms. The molecule has 2 aromatic carbocycles. The maximum atomic E-state index is 12.5. The summed E-state index contributed by atoms with van der Waals surface area (Å²) in [5.41, 5.74) is 5.58. The van der Waals surface area contributed by atoms with Gasteiger partial charge in [-0.3, -0.25) is 4.79 Å². The first-order valence-electron chi connectivity index (χ1n) is 10.9. The maximum Gasteiger partial charge on any atom is 0.244 e. The molecule has 1 N–H and O–H groups in total. The summed E-state index contributed by atoms with van der Waals surface area (Å²) in [6.07, 6.45) is 4.35. The van der Waals surface area contributed by atoms with Gasteiger partial charge in [0, 0.05) is 39.2 Å². The fourth-order valence-corrected chi connectivity index (χ4v) is 3.99. The molecule has 0 unspecified atom stereocenters. The number of halogens is 1. The van der Waals surface area contributed by atoms with Crippen LogP contribution in [-0.4, -0.2) is 44.6 Å². The van der Waals surface area contributed by atoms with Crippen LogP contribution >= 0.6 is 15.9 Å². The third kappa shape index (κ3) is 5.61. The molecule has 1 amide bonds. The van der Waals surface area contributed by atoms with Crippen molar-refractivity contribution in [2.45, 2.75) is 27.2 Å². The molecule has 0 atom stereocenters. The van der Waals surface area contributed by atoms with Crippen LogP contribution in [0, 0.1) is 6.92 Å². The van der Waals surface area contributed by atoms with Crippen LogP contribution in [0.4, 0.5) is 0 Å². The van der Waals surface area contributed by atoms with Crippen molar-refractivity contribution < 1.29 is 13.9 Å². The fourth-order valence-electron chi connectivity index (χ4n) is 3.72. The van der Waals surface area contributed by atoms with Crippen molar-refractivity contribution in [3.8, 4) is 16.9 Å². The van der Waals surface area contributed by atoms with Gasteiger partial charge in [0.2, 0.25) is 5.91 Å². The van der Waals surface area contributed by atoms with Crippen LogP contribution in [0.15, 0.2) is 51.6 Å². The SMILES string of the molecule is CCOc1c(/C(C)=C/C(=O)NCCCN(C)C)cc2c(-c3ccc(Br)cc3)coc2c1C. The van der Waals surface area contributed by atoms with Crippen molar-refractivity contribution in [3.63, 3.8) is 0 Å². The normalized spacial score (nSPS) is 11.9. The summed E-state index contributed by atoms with van der Waals surface area (Å²) >= 11 is 3.49. The van der Waals surface area contributed by atoms with Gasteiger partial charge < -0.3 is 19.4 Å². The lowest BCUT2D eigenvalue weighted by atomic mass is 9.96. The molecule has 0 radical (unpaired) electrons. The van der Waals surface area contributed by atoms with E-state index in [1.54, 1.807) is 12.3 Å². The minimum atomic E-state index is -0.0956. The smallest absolute Gasteiger partial charge is 0.244 e. The Labute approximate surface area is 198 Å². The number of nitrogens with one attached hydrogen (secondary N) is 1. The Balaban J connectivity index is 1.98. The molecule has 0 aliphatic rings. The number of ether oxygens (including phenoxy) is 1. The fraction of sp³-hybridized carbons (Fsp3) is 0.346. The van der Waals surface area contributed by atoms with E-state index >= 15 is 0 Å². The Morgan fingerprint density at radius 1 is 1.25 bits per heavy atom. The summed E-state index contributed by atoms with van der Waals surface area (Å²) in [4.78, 5) is 14.6. The Morgan fingerprint density at radius 3 is 2.62 bits per heavy atom. The number of benzene rings is 2. The summed E-state index contributed by atoms with van der Waals surface area (Å²) in [6.45, 7) is 8.02. The van der Waals surface area contributed by atoms with E-state index in [4.69, 9.17) is 9.15 Å². The van der Waals surface area contributed by atoms with Gasteiger partial charge in [-0.15, -0.1) is 0 Å². The number of nitrogens with zero attached hydrogens (tertiary/aromatic N) is 1. The van der Waals surface area contributed by atoms with Crippen LogP contribution in [0.1, 0.15) is 31.4 Å². The van der Waals surface area contributed by atoms with Gasteiger partial charge in [-0.25, -0.2) is 0 Å². The van der Waals surface area contributed by atoms with Crippen molar-refractivity contribution in [2.24, 2.45) is 0 Å². The van der Waals surface area contributed by atoms with E-state index in [1.165, 1.54) is 0 Å². The van der Waals surface area contributed by atoms with Crippen LogP contribution in [0.2, 0.25) is 0 Å². The van der Waals surface area contributed by atoms with E-state index in [0.29, 0.717) is 13.2 Å². The van der Waals surface area contributed by atoms with Crippen molar-refractivity contribution in [1.29, 1.82) is 0 Å². The van der Waals surface area contributed by atoms with Gasteiger partial charge >= 0.3 is 0 Å². The Bertz CT molecular complexity index is 1110. The zero-order valence-electron chi connectivity index (χ0n) is 19.4. The highest BCUT2D eigenvalue weighted by molar-refractivity contribution is 9.10. The quantitative estimate of drug-likeness (QED) is 0.288. The summed E-state index contributed by atoms with van der Waals surface area (Å²) < 4.78 is 13.0. The predicted molar refractivity (Wildman–Crippen MR) is 135 cm³/mol. The minimum Gasteiger partial charge on any atom is -0.493 e. The van der Waals surface area contributed by atoms with Crippen LogP contribution in [0.3, 0.4) is 0 Å². The van der Waals surface area contributed by atoms with Gasteiger partial charge in [-0.1, -0.05) is 28.1 Å². The molecular weight excluding hydrogens is 468 g/mol. The lowest BCUT2D eigenvalue weighted by Gasteiger charge is -2.15. The predicted octanol–water partition coefficient (Wildman–Crippen LogP) is 6.04. The average molecular weight is 499 g/mol. The molecule has 5 nitrogen and oxygen atoms in total. The van der Waals surface area contributed by atoms with Crippen molar-refractivity contribution in [1.82, 2.24) is 10.2 Å². The van der Waals surface area contributed by atoms with E-state index in [-0.39, 0.29) is 5.91 Å². The van der Waals surface area contributed by atoms with Gasteiger partial charge in [0.25, 0.3) is 0 Å². The van der Waals surface area contributed by atoms with E-state index in [2.05, 4.69) is 44.3 Å². The van der Waals surface area contributed by atoms with Gasteiger partial charge in [0.1, 0.15) is 11.3 Å². The molecule has 6 heteroatoms. The number of fused-ring (bicyclic) bond motifs is 1. The Morgan fingerprint density at radius 2 is 1.97 bits per heavy atom. The van der Waals surface area contributed by atoms with E-state index in [9.17, 15) is 4.79 Å². The second-order valence-corrected chi connectivity index (χ2v) is 9.04. The largest absolute Gasteiger partial charge is 0.493 e. The number of allylic oxidation sites excluding steroid dienone is 1. The summed E-state index contributed by atoms with van der Waals surface area (Å²) in [5, 5.41) is 3.98. The van der Waals surface area contributed by atoms with Gasteiger partial charge in [0.05, 0.1) is 12.9 Å². The maximum absolute atomic E-state index is 12.5. The number of furan rings is 1. The summed E-state index contributed by atoms with van der Waals surface area (Å²) in [7, 11) is 4.05. The topological polar surface area (TPSA) is 54.7 Å². The molecule has 3 aromatic rings. The lowest BCUT2D eigenvalue weighted by Crippen LogP contribution is -2.25. The third-order valence-electron chi connectivity index (χ3n) is 5.34. The first-order chi connectivity index (χ1) is 15.3. The lowest BCUT2D eigenvalue weighted by molar-refractivity contribution is -0.116. The number of carbonyl (C=O) groups is 1. The molecule has 0 aliphatic carbocycles. The van der Waals surface area contributed by atoms with Gasteiger partial charge in [0.15, 0.2) is 0 Å². The van der Waals surface area contributed by atoms with Crippen molar-refractivity contribution >= 4 is 38.4 Å². The van der Waals surface area contributed by atoms with E-state index in [1.807, 2.05) is 47.0 Å². The highest BCUT2D eigenvalue weighted by Gasteiger charge is 2.19. The number of hydrogen-bond donors (Lipinski definition) is 1. The summed E-state index contributed by atoms with van der Waals surface area (Å²) in [6, 6.07) is 10.2. The highest BCUT2D eigenvalue weighted by atomic mass is 79.9. The number of rotatable bonds is 9. The van der Waals surface area contributed by atoms with Gasteiger partial charge in [-0.2, -0.15) is 0 Å². The van der Waals surface area contributed by atoms with Crippen molar-refractivity contribution in [3.05, 3.63) is 58.3 Å². The third-order valence-corrected chi connectivity index (χ3v) is 5.87. The molecule has 0 saturated heterocycles. The zero-order valence-corrected chi connectivity index (χ0v) is 21.0. The second-order valence-electron chi connectivity index (χ2n) is 8.12. The monoisotopic (exact) mass is 498 g/mol. The first kappa shape index (κ1) is 24.1. The van der Waals surface area contributed by atoms with E-state index < -0.39 is 0 Å². The molecule has 0 aliphatic heterocycles. The molecular formula is C26H31BrN2O3. The first-order valence-corrected chi connectivity index (χ1v) is 11.7. The molecule has 0 saturated carbocycles. The Hall–Kier alpha value is -2.57. The molecule has 0 spiro atoms. The standard InChI is InChI=1S/C26H31BrN2O3/c1-6-31-25-18(3)26-22(23(16-32-26)19-8-10-20(27)11-9-19)15-21(25)17(2)14-24(30)28-12-7-13-29(4)5/h8-11,14-16H,6-7,12-13H2,1-5H3,(H,28,30)/b17-14+. The van der Waals surface area contributed by atoms with Crippen LogP contribution in [-0.2, 0) is 4.79 Å².